The summed E-state index contributed by atoms with van der Waals surface area (Å²) < 4.78 is 27.6. The van der Waals surface area contributed by atoms with Gasteiger partial charge in [0, 0.05) is 20.1 Å². The van der Waals surface area contributed by atoms with Crippen molar-refractivity contribution in [1.82, 2.24) is 19.3 Å². The molecule has 1 aromatic heterocycles. The van der Waals surface area contributed by atoms with Crippen LogP contribution in [-0.2, 0) is 17.1 Å². The highest BCUT2D eigenvalue weighted by atomic mass is 79.9. The van der Waals surface area contributed by atoms with Gasteiger partial charge >= 0.3 is 0 Å². The summed E-state index contributed by atoms with van der Waals surface area (Å²) in [6.45, 7) is 3.91. The number of rotatable bonds is 5. The molecule has 0 saturated heterocycles. The Morgan fingerprint density at radius 2 is 2.12 bits per heavy atom. The fraction of sp³-hybridized carbons (Fsp3) is 0.778. The molecular formula is C9H17BrN4O2S. The van der Waals surface area contributed by atoms with Crippen LogP contribution in [0, 0.1) is 0 Å². The molecule has 0 aromatic carbocycles. The van der Waals surface area contributed by atoms with E-state index in [2.05, 4.69) is 26.2 Å². The van der Waals surface area contributed by atoms with Gasteiger partial charge in [-0.2, -0.15) is 4.31 Å². The van der Waals surface area contributed by atoms with E-state index in [0.29, 0.717) is 0 Å². The van der Waals surface area contributed by atoms with Gasteiger partial charge in [0.15, 0.2) is 4.60 Å². The highest BCUT2D eigenvalue weighted by Gasteiger charge is 2.30. The van der Waals surface area contributed by atoms with Crippen molar-refractivity contribution < 1.29 is 8.42 Å². The lowest BCUT2D eigenvalue weighted by Crippen LogP contribution is -2.36. The lowest BCUT2D eigenvalue weighted by molar-refractivity contribution is 0.365. The first-order chi connectivity index (χ1) is 7.82. The molecule has 0 aliphatic rings. The van der Waals surface area contributed by atoms with Crippen LogP contribution in [0.25, 0.3) is 0 Å². The Morgan fingerprint density at radius 3 is 2.53 bits per heavy atom. The molecule has 1 heterocycles. The maximum atomic E-state index is 12.3. The van der Waals surface area contributed by atoms with Gasteiger partial charge < -0.3 is 0 Å². The van der Waals surface area contributed by atoms with Crippen molar-refractivity contribution in [2.45, 2.75) is 37.8 Å². The van der Waals surface area contributed by atoms with Crippen molar-refractivity contribution in [1.29, 1.82) is 0 Å². The topological polar surface area (TPSA) is 68.1 Å². The smallest absolute Gasteiger partial charge is 0.235 e. The first-order valence-electron chi connectivity index (χ1n) is 5.35. The van der Waals surface area contributed by atoms with E-state index in [1.807, 2.05) is 13.8 Å². The Balaban J connectivity index is 3.12. The fourth-order valence-corrected chi connectivity index (χ4v) is 3.99. The molecule has 0 bridgehead atoms. The summed E-state index contributed by atoms with van der Waals surface area (Å²) in [4.78, 5) is 0. The lowest BCUT2D eigenvalue weighted by atomic mass is 10.2. The van der Waals surface area contributed by atoms with Gasteiger partial charge in [-0.1, -0.05) is 18.6 Å². The van der Waals surface area contributed by atoms with Gasteiger partial charge in [-0.3, -0.25) is 0 Å². The Hall–Kier alpha value is -0.470. The average Bonchev–Trinajstić information content (AvgIpc) is 2.58. The monoisotopic (exact) mass is 324 g/mol. The van der Waals surface area contributed by atoms with E-state index < -0.39 is 10.0 Å². The van der Waals surface area contributed by atoms with Crippen LogP contribution in [0.1, 0.15) is 26.7 Å². The largest absolute Gasteiger partial charge is 0.263 e. The standard InChI is InChI=1S/C9H17BrN4O2S/c1-5-6-7(2)14(4)17(15,16)9-8(10)11-12-13(9)3/h7H,5-6H2,1-4H3. The van der Waals surface area contributed by atoms with Crippen LogP contribution in [0.5, 0.6) is 0 Å². The summed E-state index contributed by atoms with van der Waals surface area (Å²) in [6.07, 6.45) is 1.75. The van der Waals surface area contributed by atoms with E-state index >= 15 is 0 Å². The molecule has 17 heavy (non-hydrogen) atoms. The van der Waals surface area contributed by atoms with Crippen LogP contribution in [-0.4, -0.2) is 40.8 Å². The zero-order valence-electron chi connectivity index (χ0n) is 10.4. The Labute approximate surface area is 110 Å². The number of hydrogen-bond donors (Lipinski definition) is 0. The number of sulfonamides is 1. The zero-order chi connectivity index (χ0) is 13.2. The van der Waals surface area contributed by atoms with E-state index in [1.54, 1.807) is 14.1 Å². The molecule has 6 nitrogen and oxygen atoms in total. The molecule has 98 valence electrons. The summed E-state index contributed by atoms with van der Waals surface area (Å²) in [7, 11) is -0.417. The first-order valence-corrected chi connectivity index (χ1v) is 7.58. The molecular weight excluding hydrogens is 308 g/mol. The normalized spacial score (nSPS) is 14.2. The summed E-state index contributed by atoms with van der Waals surface area (Å²) in [5.41, 5.74) is 0. The van der Waals surface area contributed by atoms with Gasteiger partial charge in [0.2, 0.25) is 5.03 Å². The SMILES string of the molecule is CCCC(C)N(C)S(=O)(=O)c1c(Br)nnn1C. The van der Waals surface area contributed by atoms with Crippen LogP contribution in [0.2, 0.25) is 0 Å². The summed E-state index contributed by atoms with van der Waals surface area (Å²) in [6, 6.07) is -0.0493. The highest BCUT2D eigenvalue weighted by Crippen LogP contribution is 2.23. The van der Waals surface area contributed by atoms with Crippen LogP contribution in [0.15, 0.2) is 9.63 Å². The van der Waals surface area contributed by atoms with Crippen LogP contribution >= 0.6 is 15.9 Å². The van der Waals surface area contributed by atoms with Crippen LogP contribution in [0.4, 0.5) is 0 Å². The van der Waals surface area contributed by atoms with Gasteiger partial charge in [0.1, 0.15) is 0 Å². The quantitative estimate of drug-likeness (QED) is 0.820. The van der Waals surface area contributed by atoms with Crippen molar-refractivity contribution in [3.05, 3.63) is 4.60 Å². The predicted molar refractivity (Wildman–Crippen MR) is 68.0 cm³/mol. The van der Waals surface area contributed by atoms with Gasteiger partial charge in [0.05, 0.1) is 0 Å². The number of aryl methyl sites for hydroxylation is 1. The first kappa shape index (κ1) is 14.6. The summed E-state index contributed by atoms with van der Waals surface area (Å²) in [5.74, 6) is 0. The molecule has 0 spiro atoms. The number of halogens is 1. The number of aromatic nitrogens is 3. The van der Waals surface area contributed by atoms with Crippen molar-refractivity contribution in [3.63, 3.8) is 0 Å². The summed E-state index contributed by atoms with van der Waals surface area (Å²) in [5, 5.41) is 7.46. The van der Waals surface area contributed by atoms with Crippen LogP contribution < -0.4 is 0 Å². The minimum atomic E-state index is -3.55. The Bertz CT molecular complexity index is 466. The van der Waals surface area contributed by atoms with Gasteiger partial charge in [-0.15, -0.1) is 5.10 Å². The minimum Gasteiger partial charge on any atom is -0.235 e. The van der Waals surface area contributed by atoms with Crippen molar-refractivity contribution >= 4 is 26.0 Å². The fourth-order valence-electron chi connectivity index (χ4n) is 1.57. The Morgan fingerprint density at radius 1 is 1.53 bits per heavy atom. The van der Waals surface area contributed by atoms with E-state index in [4.69, 9.17) is 0 Å². The third-order valence-corrected chi connectivity index (χ3v) is 5.55. The maximum Gasteiger partial charge on any atom is 0.263 e. The predicted octanol–water partition coefficient (Wildman–Crippen LogP) is 1.39. The molecule has 0 saturated carbocycles. The molecule has 1 atom stereocenters. The third kappa shape index (κ3) is 2.86. The van der Waals surface area contributed by atoms with Gasteiger partial charge in [-0.05, 0) is 29.3 Å². The summed E-state index contributed by atoms with van der Waals surface area (Å²) >= 11 is 3.11. The van der Waals surface area contributed by atoms with Gasteiger partial charge in [0.25, 0.3) is 10.0 Å². The molecule has 1 aromatic rings. The third-order valence-electron chi connectivity index (χ3n) is 2.69. The number of hydrogen-bond acceptors (Lipinski definition) is 4. The highest BCUT2D eigenvalue weighted by molar-refractivity contribution is 9.10. The van der Waals surface area contributed by atoms with Crippen LogP contribution in [0.3, 0.4) is 0 Å². The molecule has 0 aliphatic carbocycles. The van der Waals surface area contributed by atoms with Crippen molar-refractivity contribution in [3.8, 4) is 0 Å². The van der Waals surface area contributed by atoms with Gasteiger partial charge in [-0.25, -0.2) is 13.1 Å². The maximum absolute atomic E-state index is 12.3. The van der Waals surface area contributed by atoms with Crippen molar-refractivity contribution in [2.75, 3.05) is 7.05 Å². The molecule has 0 amide bonds. The second kappa shape index (κ2) is 5.45. The molecule has 8 heteroatoms. The van der Waals surface area contributed by atoms with E-state index in [1.165, 1.54) is 8.99 Å². The molecule has 1 unspecified atom stereocenters. The number of nitrogens with zero attached hydrogens (tertiary/aromatic N) is 4. The molecule has 1 rings (SSSR count). The van der Waals surface area contributed by atoms with E-state index in [0.717, 1.165) is 12.8 Å². The van der Waals surface area contributed by atoms with E-state index in [-0.39, 0.29) is 15.7 Å². The molecule has 0 N–H and O–H groups in total. The molecule has 0 aliphatic heterocycles. The van der Waals surface area contributed by atoms with Crippen molar-refractivity contribution in [2.24, 2.45) is 7.05 Å². The molecule has 0 fully saturated rings. The lowest BCUT2D eigenvalue weighted by Gasteiger charge is -2.23. The molecule has 0 radical (unpaired) electrons. The van der Waals surface area contributed by atoms with E-state index in [9.17, 15) is 8.42 Å². The Kier molecular flexibility index (Phi) is 4.68. The minimum absolute atomic E-state index is 0.0493. The zero-order valence-corrected chi connectivity index (χ0v) is 12.8. The second-order valence-electron chi connectivity index (χ2n) is 3.97. The second-order valence-corrected chi connectivity index (χ2v) is 6.63. The average molecular weight is 325 g/mol.